The molecule has 3 heterocycles. The van der Waals surface area contributed by atoms with E-state index in [0.717, 1.165) is 27.5 Å². The Balaban J connectivity index is 1.87. The Kier molecular flexibility index (Phi) is 4.84. The Morgan fingerprint density at radius 3 is 2.60 bits per heavy atom. The quantitative estimate of drug-likeness (QED) is 0.770. The first kappa shape index (κ1) is 20.4. The van der Waals surface area contributed by atoms with E-state index in [4.69, 9.17) is 15.5 Å². The van der Waals surface area contributed by atoms with E-state index in [9.17, 15) is 8.42 Å². The lowest BCUT2D eigenvalue weighted by atomic mass is 9.89. The van der Waals surface area contributed by atoms with Crippen molar-refractivity contribution in [3.05, 3.63) is 47.2 Å². The molecule has 2 aliphatic heterocycles. The minimum Gasteiger partial charge on any atom is -0.481 e. The van der Waals surface area contributed by atoms with Crippen molar-refractivity contribution >= 4 is 21.9 Å². The van der Waals surface area contributed by atoms with Crippen LogP contribution < -0.4 is 15.4 Å². The van der Waals surface area contributed by atoms with Gasteiger partial charge in [0.15, 0.2) is 0 Å². The third kappa shape index (κ3) is 2.89. The molecule has 1 aromatic heterocycles. The van der Waals surface area contributed by atoms with Gasteiger partial charge in [-0.1, -0.05) is 37.3 Å². The molecular formula is C20H26N6O3S. The number of fused-ring (bicyclic) bond motifs is 1. The molecule has 1 fully saturated rings. The number of sulfonamides is 1. The Labute approximate surface area is 176 Å². The molecule has 0 amide bonds. The van der Waals surface area contributed by atoms with Gasteiger partial charge in [-0.3, -0.25) is 0 Å². The maximum atomic E-state index is 13.3. The highest BCUT2D eigenvalue weighted by atomic mass is 32.2. The summed E-state index contributed by atoms with van der Waals surface area (Å²) in [6.45, 7) is 4.42. The van der Waals surface area contributed by atoms with E-state index >= 15 is 0 Å². The number of anilines is 1. The summed E-state index contributed by atoms with van der Waals surface area (Å²) < 4.78 is 33.2. The van der Waals surface area contributed by atoms with Crippen LogP contribution in [0.3, 0.4) is 0 Å². The molecule has 160 valence electrons. The summed E-state index contributed by atoms with van der Waals surface area (Å²) in [5, 5.41) is -0.814. The standard InChI is InChI=1S/C20H26N6O3S/c1-5-15-13(2)22-19(23-17(15)29-4)26-11-16-20(12-26,14-9-7-6-8-10-14)24-18(21)25(3)30(16,27)28/h6-10,16H,5,11-12H2,1-4H3,(H2,21,24). The molecule has 0 spiro atoms. The molecule has 2 unspecified atom stereocenters. The zero-order valence-electron chi connectivity index (χ0n) is 17.5. The molecule has 2 N–H and O–H groups in total. The van der Waals surface area contributed by atoms with Gasteiger partial charge >= 0.3 is 0 Å². The fourth-order valence-electron chi connectivity index (χ4n) is 4.35. The normalized spacial score (nSPS) is 25.1. The smallest absolute Gasteiger partial charge is 0.244 e. The Bertz CT molecular complexity index is 1110. The average Bonchev–Trinajstić information content (AvgIpc) is 3.14. The van der Waals surface area contributed by atoms with E-state index in [1.807, 2.05) is 49.1 Å². The monoisotopic (exact) mass is 430 g/mol. The van der Waals surface area contributed by atoms with E-state index < -0.39 is 20.8 Å². The van der Waals surface area contributed by atoms with Gasteiger partial charge in [-0.15, -0.1) is 0 Å². The van der Waals surface area contributed by atoms with E-state index in [0.29, 0.717) is 18.4 Å². The molecule has 0 radical (unpaired) electrons. The maximum absolute atomic E-state index is 13.3. The van der Waals surface area contributed by atoms with Crippen LogP contribution in [0.5, 0.6) is 5.88 Å². The van der Waals surface area contributed by atoms with Gasteiger partial charge in [-0.05, 0) is 18.9 Å². The molecule has 0 saturated carbocycles. The number of nitrogens with zero attached hydrogens (tertiary/aromatic N) is 5. The second-order valence-corrected chi connectivity index (χ2v) is 9.74. The third-order valence-electron chi connectivity index (χ3n) is 6.00. The number of aliphatic imine (C=N–C) groups is 1. The first-order valence-electron chi connectivity index (χ1n) is 9.79. The summed E-state index contributed by atoms with van der Waals surface area (Å²) in [6, 6.07) is 9.42. The number of hydrogen-bond acceptors (Lipinski definition) is 8. The van der Waals surface area contributed by atoms with Crippen LogP contribution in [0.2, 0.25) is 0 Å². The highest BCUT2D eigenvalue weighted by Crippen LogP contribution is 2.44. The average molecular weight is 431 g/mol. The molecule has 0 bridgehead atoms. The van der Waals surface area contributed by atoms with Crippen molar-refractivity contribution < 1.29 is 13.2 Å². The number of rotatable bonds is 4. The number of methoxy groups -OCH3 is 1. The predicted octanol–water partition coefficient (Wildman–Crippen LogP) is 1.03. The van der Waals surface area contributed by atoms with Gasteiger partial charge in [0.05, 0.1) is 13.7 Å². The van der Waals surface area contributed by atoms with Crippen LogP contribution in [0.25, 0.3) is 0 Å². The van der Waals surface area contributed by atoms with E-state index in [1.165, 1.54) is 7.05 Å². The third-order valence-corrected chi connectivity index (χ3v) is 8.20. The SMILES string of the molecule is CCc1c(C)nc(N2CC3C(c4ccccc4)(C2)N=C(N)N(C)S3(=O)=O)nc1OC. The van der Waals surface area contributed by atoms with Crippen LogP contribution in [0.15, 0.2) is 35.3 Å². The van der Waals surface area contributed by atoms with Crippen molar-refractivity contribution in [2.75, 3.05) is 32.1 Å². The summed E-state index contributed by atoms with van der Waals surface area (Å²) in [7, 11) is -0.716. The molecule has 2 aromatic rings. The highest BCUT2D eigenvalue weighted by molar-refractivity contribution is 7.90. The molecule has 9 nitrogen and oxygen atoms in total. The van der Waals surface area contributed by atoms with Crippen LogP contribution in [0.1, 0.15) is 23.7 Å². The highest BCUT2D eigenvalue weighted by Gasteiger charge is 2.59. The molecule has 30 heavy (non-hydrogen) atoms. The van der Waals surface area contributed by atoms with E-state index in [1.54, 1.807) is 7.11 Å². The van der Waals surface area contributed by atoms with E-state index in [2.05, 4.69) is 9.97 Å². The number of aromatic nitrogens is 2. The zero-order chi connectivity index (χ0) is 21.7. The Morgan fingerprint density at radius 2 is 1.97 bits per heavy atom. The van der Waals surface area contributed by atoms with Crippen LogP contribution >= 0.6 is 0 Å². The second kappa shape index (κ2) is 7.12. The van der Waals surface area contributed by atoms with Crippen LogP contribution in [0, 0.1) is 6.92 Å². The van der Waals surface area contributed by atoms with Crippen molar-refractivity contribution in [2.24, 2.45) is 10.7 Å². The lowest BCUT2D eigenvalue weighted by molar-refractivity contribution is 0.391. The molecule has 4 rings (SSSR count). The van der Waals surface area contributed by atoms with E-state index in [-0.39, 0.29) is 12.5 Å². The largest absolute Gasteiger partial charge is 0.481 e. The molecule has 2 atom stereocenters. The van der Waals surface area contributed by atoms with Gasteiger partial charge in [-0.2, -0.15) is 4.98 Å². The number of hydrogen-bond donors (Lipinski definition) is 1. The number of aryl methyl sites for hydroxylation is 1. The van der Waals surface area contributed by atoms with Crippen LogP contribution in [-0.4, -0.2) is 61.1 Å². The van der Waals surface area contributed by atoms with Gasteiger partial charge in [0.1, 0.15) is 10.8 Å². The van der Waals surface area contributed by atoms with Crippen molar-refractivity contribution in [1.82, 2.24) is 14.3 Å². The minimum atomic E-state index is -3.73. The van der Waals surface area contributed by atoms with Crippen molar-refractivity contribution in [3.63, 3.8) is 0 Å². The molecule has 1 aromatic carbocycles. The second-order valence-electron chi connectivity index (χ2n) is 7.59. The molecule has 1 saturated heterocycles. The van der Waals surface area contributed by atoms with Crippen molar-refractivity contribution in [3.8, 4) is 5.88 Å². The van der Waals surface area contributed by atoms with Gasteiger partial charge < -0.3 is 15.4 Å². The lowest BCUT2D eigenvalue weighted by Gasteiger charge is -2.38. The zero-order valence-corrected chi connectivity index (χ0v) is 18.3. The van der Waals surface area contributed by atoms with Gasteiger partial charge in [0.2, 0.25) is 27.8 Å². The molecule has 2 aliphatic rings. The molecule has 0 aliphatic carbocycles. The fourth-order valence-corrected chi connectivity index (χ4v) is 6.15. The van der Waals surface area contributed by atoms with Crippen LogP contribution in [0.4, 0.5) is 5.95 Å². The number of benzene rings is 1. The summed E-state index contributed by atoms with van der Waals surface area (Å²) in [5.74, 6) is 0.914. The topological polar surface area (TPSA) is 114 Å². The van der Waals surface area contributed by atoms with Crippen molar-refractivity contribution in [1.29, 1.82) is 0 Å². The van der Waals surface area contributed by atoms with Gasteiger partial charge in [0.25, 0.3) is 0 Å². The first-order chi connectivity index (χ1) is 14.2. The van der Waals surface area contributed by atoms with Gasteiger partial charge in [-0.25, -0.2) is 22.7 Å². The molecule has 10 heteroatoms. The summed E-state index contributed by atoms with van der Waals surface area (Å²) in [4.78, 5) is 15.8. The number of guanidine groups is 1. The number of nitrogens with two attached hydrogens (primary N) is 1. The maximum Gasteiger partial charge on any atom is 0.244 e. The number of ether oxygens (including phenoxy) is 1. The van der Waals surface area contributed by atoms with Gasteiger partial charge in [0, 0.05) is 24.8 Å². The fraction of sp³-hybridized carbons (Fsp3) is 0.450. The Hall–Kier alpha value is -2.88. The molecular weight excluding hydrogens is 404 g/mol. The minimum absolute atomic E-state index is 0.0204. The predicted molar refractivity (Wildman–Crippen MR) is 115 cm³/mol. The van der Waals surface area contributed by atoms with Crippen molar-refractivity contribution in [2.45, 2.75) is 31.1 Å². The first-order valence-corrected chi connectivity index (χ1v) is 11.3. The lowest BCUT2D eigenvalue weighted by Crippen LogP contribution is -2.56. The summed E-state index contributed by atoms with van der Waals surface area (Å²) in [6.07, 6.45) is 0.742. The van der Waals surface area contributed by atoms with Crippen LogP contribution in [-0.2, 0) is 22.0 Å². The summed E-state index contributed by atoms with van der Waals surface area (Å²) in [5.41, 5.74) is 7.56. The summed E-state index contributed by atoms with van der Waals surface area (Å²) >= 11 is 0. The Morgan fingerprint density at radius 1 is 1.27 bits per heavy atom.